The van der Waals surface area contributed by atoms with E-state index in [1.54, 1.807) is 11.3 Å². The Morgan fingerprint density at radius 3 is 2.87 bits per heavy atom. The van der Waals surface area contributed by atoms with Crippen molar-refractivity contribution in [2.75, 3.05) is 6.79 Å². The Kier molecular flexibility index (Phi) is 4.43. The number of hydrogen-bond acceptors (Lipinski definition) is 5. The van der Waals surface area contributed by atoms with Crippen LogP contribution < -0.4 is 14.8 Å². The number of nitrogens with zero attached hydrogens (tertiary/aromatic N) is 1. The van der Waals surface area contributed by atoms with Gasteiger partial charge in [-0.3, -0.25) is 0 Å². The van der Waals surface area contributed by atoms with Crippen molar-refractivity contribution in [3.05, 3.63) is 76.0 Å². The molecule has 1 aliphatic heterocycles. The molecule has 0 unspecified atom stereocenters. The number of thiophene rings is 1. The molecule has 30 heavy (non-hydrogen) atoms. The molecule has 5 heteroatoms. The van der Waals surface area contributed by atoms with Crippen molar-refractivity contribution in [3.8, 4) is 22.8 Å². The maximum Gasteiger partial charge on any atom is 0.231 e. The maximum absolute atomic E-state index is 5.58. The first-order valence-electron chi connectivity index (χ1n) is 10.4. The Morgan fingerprint density at radius 2 is 1.97 bits per heavy atom. The van der Waals surface area contributed by atoms with Crippen LogP contribution in [0.1, 0.15) is 35.6 Å². The van der Waals surface area contributed by atoms with Gasteiger partial charge >= 0.3 is 0 Å². The first-order valence-corrected chi connectivity index (χ1v) is 11.4. The molecule has 0 radical (unpaired) electrons. The van der Waals surface area contributed by atoms with Gasteiger partial charge in [0.25, 0.3) is 0 Å². The van der Waals surface area contributed by atoms with Crippen LogP contribution in [0.15, 0.2) is 59.3 Å². The third-order valence-electron chi connectivity index (χ3n) is 6.09. The minimum absolute atomic E-state index is 0.276. The normalized spacial score (nSPS) is 17.3. The Balaban J connectivity index is 1.38. The van der Waals surface area contributed by atoms with E-state index in [9.17, 15) is 0 Å². The summed E-state index contributed by atoms with van der Waals surface area (Å²) in [5, 5.41) is 9.18. The lowest BCUT2D eigenvalue weighted by atomic mass is 9.87. The summed E-state index contributed by atoms with van der Waals surface area (Å²) >= 11 is 1.70. The number of nitrogens with one attached hydrogen (secondary N) is 1. The van der Waals surface area contributed by atoms with E-state index in [1.807, 2.05) is 12.1 Å². The van der Waals surface area contributed by atoms with Crippen LogP contribution in [0.3, 0.4) is 0 Å². The zero-order valence-electron chi connectivity index (χ0n) is 16.6. The third-order valence-corrected chi connectivity index (χ3v) is 6.77. The second-order valence-corrected chi connectivity index (χ2v) is 8.71. The molecule has 3 heterocycles. The fraction of sp³-hybridized carbons (Fsp3) is 0.240. The summed E-state index contributed by atoms with van der Waals surface area (Å²) in [6.45, 7) is 1.06. The standard InChI is InChI=1S/C25H22N2O2S/c1-2-6-20-16(4-1)5-3-7-21(20)26-13-19-10-18-11-23-24(29-15-28-23)12-22(18)27-25(19)17-8-9-30-14-17/h1-2,4,6,8-12,14,21,26H,3,5,7,13,15H2/t21-/m0/s1. The number of benzene rings is 2. The molecule has 4 aromatic rings. The van der Waals surface area contributed by atoms with E-state index in [4.69, 9.17) is 14.5 Å². The molecule has 150 valence electrons. The van der Waals surface area contributed by atoms with E-state index in [1.165, 1.54) is 41.5 Å². The first-order chi connectivity index (χ1) is 14.8. The van der Waals surface area contributed by atoms with Crippen LogP contribution in [0.5, 0.6) is 11.5 Å². The number of ether oxygens (including phenoxy) is 2. The molecule has 2 aliphatic rings. The smallest absolute Gasteiger partial charge is 0.231 e. The summed E-state index contributed by atoms with van der Waals surface area (Å²) in [6, 6.07) is 17.6. The largest absolute Gasteiger partial charge is 0.454 e. The van der Waals surface area contributed by atoms with Crippen LogP contribution in [-0.4, -0.2) is 11.8 Å². The monoisotopic (exact) mass is 414 g/mol. The molecule has 2 aromatic carbocycles. The van der Waals surface area contributed by atoms with Crippen molar-refractivity contribution in [2.24, 2.45) is 0 Å². The molecule has 2 aromatic heterocycles. The SMILES string of the molecule is c1ccc2c(c1)CCC[C@@H]2NCc1cc2cc3c(cc2nc1-c1ccsc1)OCO3. The second kappa shape index (κ2) is 7.42. The first kappa shape index (κ1) is 17.9. The van der Waals surface area contributed by atoms with Crippen LogP contribution in [0.2, 0.25) is 0 Å². The van der Waals surface area contributed by atoms with Gasteiger partial charge in [-0.05, 0) is 59.5 Å². The number of rotatable bonds is 4. The second-order valence-electron chi connectivity index (χ2n) is 7.93. The van der Waals surface area contributed by atoms with Crippen LogP contribution >= 0.6 is 11.3 Å². The molecule has 0 amide bonds. The van der Waals surface area contributed by atoms with Crippen LogP contribution in [0.4, 0.5) is 0 Å². The molecule has 0 saturated carbocycles. The fourth-order valence-electron chi connectivity index (χ4n) is 4.59. The number of pyridine rings is 1. The van der Waals surface area contributed by atoms with E-state index < -0.39 is 0 Å². The lowest BCUT2D eigenvalue weighted by Crippen LogP contribution is -2.25. The van der Waals surface area contributed by atoms with E-state index in [0.29, 0.717) is 6.04 Å². The van der Waals surface area contributed by atoms with Crippen molar-refractivity contribution < 1.29 is 9.47 Å². The zero-order valence-corrected chi connectivity index (χ0v) is 17.4. The minimum Gasteiger partial charge on any atom is -0.454 e. The molecule has 0 saturated heterocycles. The molecule has 1 N–H and O–H groups in total. The van der Waals surface area contributed by atoms with Gasteiger partial charge < -0.3 is 14.8 Å². The van der Waals surface area contributed by atoms with Crippen molar-refractivity contribution in [3.63, 3.8) is 0 Å². The van der Waals surface area contributed by atoms with Crippen molar-refractivity contribution in [1.82, 2.24) is 10.3 Å². The molecule has 6 rings (SSSR count). The Morgan fingerprint density at radius 1 is 1.07 bits per heavy atom. The third kappa shape index (κ3) is 3.15. The summed E-state index contributed by atoms with van der Waals surface area (Å²) in [7, 11) is 0. The highest BCUT2D eigenvalue weighted by Crippen LogP contribution is 2.38. The van der Waals surface area contributed by atoms with Crippen molar-refractivity contribution in [1.29, 1.82) is 0 Å². The van der Waals surface area contributed by atoms with Crippen LogP contribution in [-0.2, 0) is 13.0 Å². The van der Waals surface area contributed by atoms with E-state index in [0.717, 1.165) is 34.6 Å². The predicted octanol–water partition coefficient (Wildman–Crippen LogP) is 5.86. The average Bonchev–Trinajstić information content (AvgIpc) is 3.47. The number of aryl methyl sites for hydroxylation is 1. The van der Waals surface area contributed by atoms with Crippen molar-refractivity contribution in [2.45, 2.75) is 31.8 Å². The Labute approximate surface area is 179 Å². The molecule has 0 fully saturated rings. The highest BCUT2D eigenvalue weighted by atomic mass is 32.1. The van der Waals surface area contributed by atoms with Gasteiger partial charge in [-0.25, -0.2) is 4.98 Å². The van der Waals surface area contributed by atoms with Gasteiger partial charge in [-0.15, -0.1) is 0 Å². The lowest BCUT2D eigenvalue weighted by molar-refractivity contribution is 0.174. The topological polar surface area (TPSA) is 43.4 Å². The average molecular weight is 415 g/mol. The van der Waals surface area contributed by atoms with E-state index in [-0.39, 0.29) is 6.79 Å². The summed E-state index contributed by atoms with van der Waals surface area (Å²) < 4.78 is 11.1. The maximum atomic E-state index is 5.58. The van der Waals surface area contributed by atoms with Gasteiger partial charge in [0.15, 0.2) is 11.5 Å². The van der Waals surface area contributed by atoms with Crippen molar-refractivity contribution >= 4 is 22.2 Å². The van der Waals surface area contributed by atoms with Crippen LogP contribution in [0, 0.1) is 0 Å². The van der Waals surface area contributed by atoms with E-state index in [2.05, 4.69) is 52.5 Å². The van der Waals surface area contributed by atoms with Gasteiger partial charge in [0, 0.05) is 35.0 Å². The lowest BCUT2D eigenvalue weighted by Gasteiger charge is -2.27. The number of aromatic nitrogens is 1. The van der Waals surface area contributed by atoms with Gasteiger partial charge in [-0.2, -0.15) is 11.3 Å². The van der Waals surface area contributed by atoms with Crippen LogP contribution in [0.25, 0.3) is 22.2 Å². The Hall–Kier alpha value is -2.89. The molecule has 4 nitrogen and oxygen atoms in total. The predicted molar refractivity (Wildman–Crippen MR) is 120 cm³/mol. The zero-order chi connectivity index (χ0) is 19.9. The fourth-order valence-corrected chi connectivity index (χ4v) is 5.23. The summed E-state index contributed by atoms with van der Waals surface area (Å²) in [5.74, 6) is 1.57. The quantitative estimate of drug-likeness (QED) is 0.454. The number of hydrogen-bond donors (Lipinski definition) is 1. The molecule has 0 spiro atoms. The van der Waals surface area contributed by atoms with Gasteiger partial charge in [0.2, 0.25) is 6.79 Å². The van der Waals surface area contributed by atoms with Gasteiger partial charge in [0.1, 0.15) is 0 Å². The van der Waals surface area contributed by atoms with Gasteiger partial charge in [-0.1, -0.05) is 24.3 Å². The minimum atomic E-state index is 0.276. The summed E-state index contributed by atoms with van der Waals surface area (Å²) in [5.41, 5.74) is 7.27. The highest BCUT2D eigenvalue weighted by Gasteiger charge is 2.21. The van der Waals surface area contributed by atoms with E-state index >= 15 is 0 Å². The summed E-state index contributed by atoms with van der Waals surface area (Å²) in [6.07, 6.45) is 3.58. The highest BCUT2D eigenvalue weighted by molar-refractivity contribution is 7.08. The molecule has 1 atom stereocenters. The molecule has 0 bridgehead atoms. The van der Waals surface area contributed by atoms with Gasteiger partial charge in [0.05, 0.1) is 11.2 Å². The number of fused-ring (bicyclic) bond motifs is 3. The molecular weight excluding hydrogens is 392 g/mol. The molecular formula is C25H22N2O2S. The summed E-state index contributed by atoms with van der Waals surface area (Å²) in [4.78, 5) is 5.03. The molecule has 1 aliphatic carbocycles. The Bertz CT molecular complexity index is 1220.